The normalized spacial score (nSPS) is 13.7. The van der Waals surface area contributed by atoms with E-state index in [1.54, 1.807) is 19.2 Å². The average Bonchev–Trinajstić information content (AvgIpc) is 3.47. The van der Waals surface area contributed by atoms with E-state index in [9.17, 15) is 10.1 Å². The Labute approximate surface area is 178 Å². The van der Waals surface area contributed by atoms with Crippen molar-refractivity contribution in [2.24, 2.45) is 10.9 Å². The van der Waals surface area contributed by atoms with Gasteiger partial charge >= 0.3 is 0 Å². The molecule has 2 N–H and O–H groups in total. The number of unbranched alkanes of at least 4 members (excludes halogenated alkanes) is 1. The molecule has 0 aromatic heterocycles. The minimum Gasteiger partial charge on any atom is -0.381 e. The fraction of sp³-hybridized carbons (Fsp3) is 0.632. The third-order valence-corrected chi connectivity index (χ3v) is 4.36. The van der Waals surface area contributed by atoms with E-state index in [1.807, 2.05) is 12.1 Å². The summed E-state index contributed by atoms with van der Waals surface area (Å²) < 4.78 is 5.61. The Bertz CT molecular complexity index is 577. The fourth-order valence-corrected chi connectivity index (χ4v) is 2.58. The molecular formula is C19H31IN4O3. The summed E-state index contributed by atoms with van der Waals surface area (Å²) in [6.45, 7) is 3.43. The van der Waals surface area contributed by atoms with Crippen molar-refractivity contribution in [1.29, 1.82) is 0 Å². The molecule has 1 aromatic rings. The van der Waals surface area contributed by atoms with Gasteiger partial charge in [-0.2, -0.15) is 0 Å². The molecule has 0 aliphatic heterocycles. The molecule has 1 aromatic carbocycles. The van der Waals surface area contributed by atoms with Crippen molar-refractivity contribution >= 4 is 35.6 Å². The molecule has 0 bridgehead atoms. The second-order valence-electron chi connectivity index (χ2n) is 6.68. The Morgan fingerprint density at radius 3 is 2.44 bits per heavy atom. The highest BCUT2D eigenvalue weighted by atomic mass is 127. The summed E-state index contributed by atoms with van der Waals surface area (Å²) in [7, 11) is 1.77. The van der Waals surface area contributed by atoms with Crippen LogP contribution < -0.4 is 10.6 Å². The SMILES string of the molecule is CN=C(NCCCCc1ccc([N+](=O)[O-])cc1)NCCCOCC1CC1.I. The van der Waals surface area contributed by atoms with E-state index in [0.29, 0.717) is 0 Å². The number of hydrogen-bond acceptors (Lipinski definition) is 4. The number of nitrogens with zero attached hydrogens (tertiary/aromatic N) is 2. The molecule has 0 spiro atoms. The van der Waals surface area contributed by atoms with E-state index in [0.717, 1.165) is 69.4 Å². The maximum atomic E-state index is 10.6. The van der Waals surface area contributed by atoms with Crippen molar-refractivity contribution in [2.75, 3.05) is 33.4 Å². The first-order valence-electron chi connectivity index (χ1n) is 9.44. The van der Waals surface area contributed by atoms with Gasteiger partial charge in [0.1, 0.15) is 0 Å². The molecule has 1 aliphatic carbocycles. The lowest BCUT2D eigenvalue weighted by Crippen LogP contribution is -2.38. The summed E-state index contributed by atoms with van der Waals surface area (Å²) in [6.07, 6.45) is 6.61. The predicted octanol–water partition coefficient (Wildman–Crippen LogP) is 3.52. The molecule has 152 valence electrons. The highest BCUT2D eigenvalue weighted by Gasteiger charge is 2.20. The van der Waals surface area contributed by atoms with Gasteiger partial charge in [0.25, 0.3) is 5.69 Å². The van der Waals surface area contributed by atoms with Crippen LogP contribution in [0.5, 0.6) is 0 Å². The van der Waals surface area contributed by atoms with Crippen LogP contribution >= 0.6 is 24.0 Å². The zero-order valence-electron chi connectivity index (χ0n) is 16.0. The van der Waals surface area contributed by atoms with Crippen LogP contribution in [0.4, 0.5) is 5.69 Å². The maximum Gasteiger partial charge on any atom is 0.269 e. The quantitative estimate of drug-likeness (QED) is 0.117. The number of ether oxygens (including phenoxy) is 1. The Morgan fingerprint density at radius 1 is 1.19 bits per heavy atom. The van der Waals surface area contributed by atoms with E-state index in [2.05, 4.69) is 15.6 Å². The summed E-state index contributed by atoms with van der Waals surface area (Å²) in [5.74, 6) is 1.64. The average molecular weight is 490 g/mol. The molecule has 1 saturated carbocycles. The highest BCUT2D eigenvalue weighted by molar-refractivity contribution is 14.0. The van der Waals surface area contributed by atoms with Gasteiger partial charge in [0.2, 0.25) is 0 Å². The second-order valence-corrected chi connectivity index (χ2v) is 6.68. The lowest BCUT2D eigenvalue weighted by atomic mass is 10.1. The van der Waals surface area contributed by atoms with Crippen molar-refractivity contribution in [2.45, 2.75) is 38.5 Å². The third-order valence-electron chi connectivity index (χ3n) is 4.36. The van der Waals surface area contributed by atoms with Crippen LogP contribution in [0.3, 0.4) is 0 Å². The molecule has 8 heteroatoms. The number of benzene rings is 1. The molecule has 27 heavy (non-hydrogen) atoms. The van der Waals surface area contributed by atoms with Crippen LogP contribution in [0.1, 0.15) is 37.7 Å². The van der Waals surface area contributed by atoms with E-state index in [-0.39, 0.29) is 34.6 Å². The lowest BCUT2D eigenvalue weighted by molar-refractivity contribution is -0.384. The summed E-state index contributed by atoms with van der Waals surface area (Å²) in [5, 5.41) is 17.2. The van der Waals surface area contributed by atoms with Crippen molar-refractivity contribution in [1.82, 2.24) is 10.6 Å². The van der Waals surface area contributed by atoms with Crippen LogP contribution in [-0.2, 0) is 11.2 Å². The van der Waals surface area contributed by atoms with E-state index < -0.39 is 0 Å². The van der Waals surface area contributed by atoms with Crippen LogP contribution in [0.25, 0.3) is 0 Å². The smallest absolute Gasteiger partial charge is 0.269 e. The number of nitro benzene ring substituents is 1. The first-order chi connectivity index (χ1) is 12.7. The third kappa shape index (κ3) is 10.5. The van der Waals surface area contributed by atoms with Crippen molar-refractivity contribution in [3.05, 3.63) is 39.9 Å². The Morgan fingerprint density at radius 2 is 1.85 bits per heavy atom. The molecule has 0 heterocycles. The molecule has 1 fully saturated rings. The minimum absolute atomic E-state index is 0. The molecule has 0 unspecified atom stereocenters. The molecule has 2 rings (SSSR count). The number of hydrogen-bond donors (Lipinski definition) is 2. The van der Waals surface area contributed by atoms with E-state index in [1.165, 1.54) is 12.8 Å². The van der Waals surface area contributed by atoms with Crippen molar-refractivity contribution < 1.29 is 9.66 Å². The Hall–Kier alpha value is -1.42. The fourth-order valence-electron chi connectivity index (χ4n) is 2.58. The molecule has 1 aliphatic rings. The van der Waals surface area contributed by atoms with Gasteiger partial charge in [-0.1, -0.05) is 12.1 Å². The van der Waals surface area contributed by atoms with Crippen LogP contribution in [0.15, 0.2) is 29.3 Å². The molecule has 0 radical (unpaired) electrons. The van der Waals surface area contributed by atoms with Gasteiger partial charge in [0.15, 0.2) is 5.96 Å². The first-order valence-corrected chi connectivity index (χ1v) is 9.44. The predicted molar refractivity (Wildman–Crippen MR) is 119 cm³/mol. The van der Waals surface area contributed by atoms with Gasteiger partial charge in [-0.05, 0) is 50.0 Å². The number of aliphatic imine (C=N–C) groups is 1. The number of guanidine groups is 1. The number of rotatable bonds is 12. The molecule has 7 nitrogen and oxygen atoms in total. The largest absolute Gasteiger partial charge is 0.381 e. The number of nitrogens with one attached hydrogen (secondary N) is 2. The summed E-state index contributed by atoms with van der Waals surface area (Å²) in [4.78, 5) is 14.5. The zero-order valence-corrected chi connectivity index (χ0v) is 18.3. The van der Waals surface area contributed by atoms with Gasteiger partial charge in [-0.3, -0.25) is 15.1 Å². The number of nitro groups is 1. The number of non-ortho nitro benzene ring substituents is 1. The topological polar surface area (TPSA) is 88.8 Å². The summed E-state index contributed by atoms with van der Waals surface area (Å²) >= 11 is 0. The molecule has 0 atom stereocenters. The van der Waals surface area contributed by atoms with Crippen molar-refractivity contribution in [3.63, 3.8) is 0 Å². The molecular weight excluding hydrogens is 459 g/mol. The summed E-state index contributed by atoms with van der Waals surface area (Å²) in [5.41, 5.74) is 1.27. The van der Waals surface area contributed by atoms with Gasteiger partial charge < -0.3 is 15.4 Å². The first kappa shape index (κ1) is 23.6. The number of halogens is 1. The number of aryl methyl sites for hydroxylation is 1. The molecule has 0 saturated heterocycles. The zero-order chi connectivity index (χ0) is 18.6. The van der Waals surface area contributed by atoms with Gasteiger partial charge in [0, 0.05) is 45.5 Å². The lowest BCUT2D eigenvalue weighted by Gasteiger charge is -2.12. The van der Waals surface area contributed by atoms with E-state index >= 15 is 0 Å². The minimum atomic E-state index is -0.369. The molecule has 0 amide bonds. The monoisotopic (exact) mass is 490 g/mol. The van der Waals surface area contributed by atoms with Crippen molar-refractivity contribution in [3.8, 4) is 0 Å². The van der Waals surface area contributed by atoms with Gasteiger partial charge in [-0.15, -0.1) is 24.0 Å². The second kappa shape index (κ2) is 13.7. The summed E-state index contributed by atoms with van der Waals surface area (Å²) in [6, 6.07) is 6.79. The van der Waals surface area contributed by atoms with Gasteiger partial charge in [-0.25, -0.2) is 0 Å². The highest BCUT2D eigenvalue weighted by Crippen LogP contribution is 2.28. The van der Waals surface area contributed by atoms with Gasteiger partial charge in [0.05, 0.1) is 4.92 Å². The van der Waals surface area contributed by atoms with Crippen LogP contribution in [0.2, 0.25) is 0 Å². The Balaban J connectivity index is 0.00000364. The standard InChI is InChI=1S/C19H30N4O3.HI/c1-20-19(22-13-4-14-26-15-17-6-7-17)21-12-3-2-5-16-8-10-18(11-9-16)23(24)25;/h8-11,17H,2-7,12-15H2,1H3,(H2,20,21,22);1H. The van der Waals surface area contributed by atoms with E-state index in [4.69, 9.17) is 4.74 Å². The maximum absolute atomic E-state index is 10.6. The Kier molecular flexibility index (Phi) is 12.0. The van der Waals surface area contributed by atoms with Crippen LogP contribution in [0, 0.1) is 16.0 Å². The van der Waals surface area contributed by atoms with Crippen LogP contribution in [-0.4, -0.2) is 44.2 Å².